The molecule has 0 radical (unpaired) electrons. The lowest BCUT2D eigenvalue weighted by Crippen LogP contribution is -2.68. The van der Waals surface area contributed by atoms with Crippen molar-refractivity contribution in [2.45, 2.75) is 0 Å². The van der Waals surface area contributed by atoms with Gasteiger partial charge in [-0.3, -0.25) is 0 Å². The fourth-order valence-corrected chi connectivity index (χ4v) is 2.98. The normalized spacial score (nSPS) is 11.0. The Kier molecular flexibility index (Phi) is 6.35. The van der Waals surface area contributed by atoms with Crippen molar-refractivity contribution in [3.05, 3.63) is 89.7 Å². The molecule has 6 nitrogen and oxygen atoms in total. The summed E-state index contributed by atoms with van der Waals surface area (Å²) in [5, 5.41) is 0. The van der Waals surface area contributed by atoms with E-state index < -0.39 is 10.2 Å². The van der Waals surface area contributed by atoms with Crippen LogP contribution in [0.4, 0.5) is 0 Å². The molecule has 0 amide bonds. The third-order valence-electron chi connectivity index (χ3n) is 3.90. The third kappa shape index (κ3) is 5.56. The van der Waals surface area contributed by atoms with E-state index in [0.717, 1.165) is 15.8 Å². The van der Waals surface area contributed by atoms with Crippen LogP contribution in [0.1, 0.15) is 0 Å². The first-order chi connectivity index (χ1) is 13.3. The third-order valence-corrected chi connectivity index (χ3v) is 4.42. The highest BCUT2D eigenvalue weighted by molar-refractivity contribution is 9.10. The van der Waals surface area contributed by atoms with Crippen molar-refractivity contribution < 1.29 is 33.3 Å². The Balaban J connectivity index is 0.000000403. The van der Waals surface area contributed by atoms with Crippen LogP contribution in [-0.4, -0.2) is 4.98 Å². The molecule has 0 N–H and O–H groups in total. The lowest BCUT2D eigenvalue weighted by molar-refractivity contribution is -2.00. The topological polar surface area (TPSA) is 109 Å². The lowest BCUT2D eigenvalue weighted by Gasteiger charge is -2.17. The first-order valence-corrected chi connectivity index (χ1v) is 10.1. The molecule has 0 atom stereocenters. The molecule has 28 heavy (non-hydrogen) atoms. The summed E-state index contributed by atoms with van der Waals surface area (Å²) in [5.41, 5.74) is 5.69. The van der Waals surface area contributed by atoms with Crippen LogP contribution in [0.3, 0.4) is 0 Å². The fourth-order valence-electron chi connectivity index (χ4n) is 2.72. The second kappa shape index (κ2) is 8.74. The predicted molar refractivity (Wildman–Crippen MR) is 96.0 cm³/mol. The first kappa shape index (κ1) is 20.3. The fraction of sp³-hybridized carbons (Fsp3) is 0. The molecule has 0 unspecified atom stereocenters. The number of pyridine rings is 1. The summed E-state index contributed by atoms with van der Waals surface area (Å²) in [6.45, 7) is 0. The van der Waals surface area contributed by atoms with E-state index in [2.05, 4.69) is 73.8 Å². The average molecular weight is 462 g/mol. The van der Waals surface area contributed by atoms with Gasteiger partial charge in [-0.05, 0) is 34.3 Å². The molecule has 0 aliphatic rings. The van der Waals surface area contributed by atoms with Crippen LogP contribution in [0.5, 0.6) is 0 Å². The number of aromatic nitrogens is 2. The smallest absolute Gasteiger partial charge is 0.222 e. The number of nitrogens with zero attached hydrogens (tertiary/aromatic N) is 2. The van der Waals surface area contributed by atoms with Gasteiger partial charge < -0.3 is 0 Å². The van der Waals surface area contributed by atoms with Crippen molar-refractivity contribution in [3.63, 3.8) is 0 Å². The van der Waals surface area contributed by atoms with Gasteiger partial charge in [0.2, 0.25) is 0 Å². The predicted octanol–water partition coefficient (Wildman–Crippen LogP) is 0.161. The molecule has 4 aromatic rings. The molecular weight excluding hydrogens is 448 g/mol. The molecule has 0 saturated carbocycles. The van der Waals surface area contributed by atoms with Crippen LogP contribution >= 0.6 is 15.9 Å². The number of hydrogen-bond donors (Lipinski definition) is 0. The summed E-state index contributed by atoms with van der Waals surface area (Å²) in [5.74, 6) is 0. The van der Waals surface area contributed by atoms with E-state index in [0.29, 0.717) is 0 Å². The van der Waals surface area contributed by atoms with E-state index >= 15 is 0 Å². The van der Waals surface area contributed by atoms with Gasteiger partial charge in [0.05, 0.1) is 6.20 Å². The minimum atomic E-state index is -4.94. The molecular formula is C20H14BrClN2O4. The van der Waals surface area contributed by atoms with E-state index in [1.807, 2.05) is 36.7 Å². The molecule has 0 fully saturated rings. The van der Waals surface area contributed by atoms with Crippen LogP contribution in [-0.2, 0) is 0 Å². The minimum absolute atomic E-state index is 0.946. The Morgan fingerprint density at radius 3 is 1.86 bits per heavy atom. The second-order valence-corrected chi connectivity index (χ2v) is 7.39. The highest BCUT2D eigenvalue weighted by atomic mass is 79.9. The van der Waals surface area contributed by atoms with Crippen LogP contribution < -0.4 is 23.0 Å². The number of hydrogen-bond acceptors (Lipinski definition) is 5. The Labute approximate surface area is 171 Å². The number of halogens is 2. The van der Waals surface area contributed by atoms with Crippen LogP contribution in [0.15, 0.2) is 89.7 Å². The van der Waals surface area contributed by atoms with Crippen molar-refractivity contribution in [3.8, 4) is 22.4 Å². The molecule has 0 spiro atoms. The van der Waals surface area contributed by atoms with Gasteiger partial charge in [0.25, 0.3) is 0 Å². The molecule has 2 heterocycles. The molecule has 0 aliphatic heterocycles. The molecule has 0 bridgehead atoms. The van der Waals surface area contributed by atoms with Gasteiger partial charge in [0.1, 0.15) is 11.9 Å². The summed E-state index contributed by atoms with van der Waals surface area (Å²) >= 11 is 3.47. The molecule has 8 heteroatoms. The summed E-state index contributed by atoms with van der Waals surface area (Å²) in [6.07, 6.45) is 3.90. The van der Waals surface area contributed by atoms with Crippen LogP contribution in [0, 0.1) is 10.2 Å². The highest BCUT2D eigenvalue weighted by Gasteiger charge is 2.10. The Hall–Kier alpha value is -2.39. The zero-order chi connectivity index (χ0) is 20.1. The SMILES string of the molecule is Brc1ccc(-c2ccc(-c3ccnc4cccc[n+]34)cc2)cc1.[O-][Cl+3]([O-])([O-])[O-]. The minimum Gasteiger partial charge on any atom is -0.222 e. The van der Waals surface area contributed by atoms with Crippen molar-refractivity contribution in [1.82, 2.24) is 4.98 Å². The van der Waals surface area contributed by atoms with Crippen LogP contribution in [0.2, 0.25) is 0 Å². The second-order valence-electron chi connectivity index (χ2n) is 5.72. The van der Waals surface area contributed by atoms with Gasteiger partial charge in [-0.15, -0.1) is 10.2 Å². The van der Waals surface area contributed by atoms with Crippen LogP contribution in [0.25, 0.3) is 28.0 Å². The number of benzene rings is 2. The van der Waals surface area contributed by atoms with Crippen molar-refractivity contribution in [1.29, 1.82) is 0 Å². The molecule has 0 saturated heterocycles. The lowest BCUT2D eigenvalue weighted by atomic mass is 10.0. The Morgan fingerprint density at radius 1 is 0.714 bits per heavy atom. The van der Waals surface area contributed by atoms with Gasteiger partial charge in [0.15, 0.2) is 0 Å². The van der Waals surface area contributed by atoms with Crippen molar-refractivity contribution in [2.24, 2.45) is 0 Å². The zero-order valence-electron chi connectivity index (χ0n) is 14.4. The van der Waals surface area contributed by atoms with E-state index in [-0.39, 0.29) is 0 Å². The zero-order valence-corrected chi connectivity index (χ0v) is 16.7. The maximum Gasteiger partial charge on any atom is 0.327 e. The van der Waals surface area contributed by atoms with Gasteiger partial charge in [-0.1, -0.05) is 58.4 Å². The monoisotopic (exact) mass is 460 g/mol. The summed E-state index contributed by atoms with van der Waals surface area (Å²) in [7, 11) is -4.94. The van der Waals surface area contributed by atoms with E-state index in [9.17, 15) is 0 Å². The van der Waals surface area contributed by atoms with Crippen molar-refractivity contribution in [2.75, 3.05) is 0 Å². The van der Waals surface area contributed by atoms with Crippen molar-refractivity contribution >= 4 is 21.6 Å². The highest BCUT2D eigenvalue weighted by Crippen LogP contribution is 2.24. The largest absolute Gasteiger partial charge is 0.327 e. The maximum absolute atomic E-state index is 8.49. The molecule has 2 aromatic heterocycles. The summed E-state index contributed by atoms with van der Waals surface area (Å²) in [6, 6.07) is 25.1. The van der Waals surface area contributed by atoms with Gasteiger partial charge in [0, 0.05) is 22.2 Å². The van der Waals surface area contributed by atoms with E-state index in [1.54, 1.807) is 0 Å². The standard InChI is InChI=1S/C20H14BrN2.ClHO4/c21-18-10-8-16(9-11-18)15-4-6-17(7-5-15)19-12-13-22-20-3-1-2-14-23(19)20;2-1(3,4)5/h1-14H;(H,2,3,4,5)/q+1;/p-1. The Morgan fingerprint density at radius 2 is 1.25 bits per heavy atom. The Bertz CT molecular complexity index is 1060. The summed E-state index contributed by atoms with van der Waals surface area (Å²) < 4.78 is 37.2. The summed E-state index contributed by atoms with van der Waals surface area (Å²) in [4.78, 5) is 4.40. The van der Waals surface area contributed by atoms with Gasteiger partial charge in [-0.25, -0.2) is 18.6 Å². The molecule has 2 aromatic carbocycles. The van der Waals surface area contributed by atoms with E-state index in [1.165, 1.54) is 16.7 Å². The van der Waals surface area contributed by atoms with Gasteiger partial charge >= 0.3 is 5.65 Å². The number of rotatable bonds is 2. The van der Waals surface area contributed by atoms with Gasteiger partial charge in [-0.2, -0.15) is 4.40 Å². The quantitative estimate of drug-likeness (QED) is 0.395. The molecule has 142 valence electrons. The average Bonchev–Trinajstić information content (AvgIpc) is 2.67. The number of fused-ring (bicyclic) bond motifs is 1. The maximum atomic E-state index is 8.49. The molecule has 4 rings (SSSR count). The van der Waals surface area contributed by atoms with E-state index in [4.69, 9.17) is 18.6 Å². The first-order valence-electron chi connectivity index (χ1n) is 8.05. The molecule has 0 aliphatic carbocycles.